The molecule has 0 aliphatic carbocycles. The van der Waals surface area contributed by atoms with E-state index in [4.69, 9.17) is 9.47 Å². The average molecular weight is 289 g/mol. The Morgan fingerprint density at radius 1 is 1.20 bits per heavy atom. The maximum absolute atomic E-state index is 11.5. The molecule has 0 rings (SSSR count). The van der Waals surface area contributed by atoms with Crippen LogP contribution in [0, 0.1) is 5.92 Å². The predicted molar refractivity (Wildman–Crippen MR) is 71.0 cm³/mol. The summed E-state index contributed by atoms with van der Waals surface area (Å²) in [6.45, 7) is 6.99. The van der Waals surface area contributed by atoms with Gasteiger partial charge in [0.2, 0.25) is 0 Å². The zero-order valence-corrected chi connectivity index (χ0v) is 12.6. The number of carbonyl (C=O) groups excluding carboxylic acids is 3. The first-order chi connectivity index (χ1) is 9.15. The monoisotopic (exact) mass is 289 g/mol. The van der Waals surface area contributed by atoms with Gasteiger partial charge >= 0.3 is 18.0 Å². The van der Waals surface area contributed by atoms with Crippen molar-refractivity contribution >= 4 is 18.0 Å². The first kappa shape index (κ1) is 18.2. The molecule has 0 saturated heterocycles. The number of esters is 2. The van der Waals surface area contributed by atoms with E-state index in [2.05, 4.69) is 10.1 Å². The van der Waals surface area contributed by atoms with Gasteiger partial charge < -0.3 is 19.5 Å². The number of amides is 1. The van der Waals surface area contributed by atoms with E-state index in [0.29, 0.717) is 0 Å². The summed E-state index contributed by atoms with van der Waals surface area (Å²) in [7, 11) is 1.26. The second-order valence-corrected chi connectivity index (χ2v) is 5.28. The smallest absolute Gasteiger partial charge is 0.407 e. The molecule has 1 N–H and O–H groups in total. The molecule has 0 aliphatic rings. The van der Waals surface area contributed by atoms with Crippen LogP contribution in [0.25, 0.3) is 0 Å². The lowest BCUT2D eigenvalue weighted by Crippen LogP contribution is -2.34. The third-order valence-electron chi connectivity index (χ3n) is 2.12. The maximum Gasteiger partial charge on any atom is 0.407 e. The second-order valence-electron chi connectivity index (χ2n) is 5.28. The molecular weight excluding hydrogens is 266 g/mol. The van der Waals surface area contributed by atoms with E-state index < -0.39 is 29.6 Å². The molecule has 1 atom stereocenters. The van der Waals surface area contributed by atoms with Crippen molar-refractivity contribution in [3.8, 4) is 0 Å². The molecule has 0 radical (unpaired) electrons. The van der Waals surface area contributed by atoms with Crippen LogP contribution in [0.3, 0.4) is 0 Å². The molecule has 0 aliphatic heterocycles. The number of alkyl carbamates (subject to hydrolysis) is 1. The Kier molecular flexibility index (Phi) is 7.64. The van der Waals surface area contributed by atoms with Crippen LogP contribution in [0.5, 0.6) is 0 Å². The number of carbonyl (C=O) groups is 3. The number of hydrogen-bond donors (Lipinski definition) is 1. The summed E-state index contributed by atoms with van der Waals surface area (Å²) in [5.74, 6) is -1.56. The van der Waals surface area contributed by atoms with Crippen molar-refractivity contribution in [3.63, 3.8) is 0 Å². The Hall–Kier alpha value is -1.79. The molecule has 1 amide bonds. The van der Waals surface area contributed by atoms with Gasteiger partial charge in [-0.25, -0.2) is 4.79 Å². The molecule has 0 aromatic heterocycles. The van der Waals surface area contributed by atoms with E-state index in [1.807, 2.05) is 0 Å². The predicted octanol–water partition coefficient (Wildman–Crippen LogP) is 1.25. The number of rotatable bonds is 6. The molecule has 20 heavy (non-hydrogen) atoms. The molecule has 116 valence electrons. The summed E-state index contributed by atoms with van der Waals surface area (Å²) in [5, 5.41) is 2.46. The molecule has 0 aromatic carbocycles. The van der Waals surface area contributed by atoms with Crippen molar-refractivity contribution in [3.05, 3.63) is 0 Å². The van der Waals surface area contributed by atoms with Crippen molar-refractivity contribution < 1.29 is 28.6 Å². The van der Waals surface area contributed by atoms with Gasteiger partial charge in [-0.15, -0.1) is 0 Å². The minimum Gasteiger partial charge on any atom is -0.469 e. The zero-order chi connectivity index (χ0) is 15.8. The lowest BCUT2D eigenvalue weighted by molar-refractivity contribution is -0.153. The van der Waals surface area contributed by atoms with Gasteiger partial charge in [0, 0.05) is 0 Å². The second kappa shape index (κ2) is 8.39. The number of hydrogen-bond acceptors (Lipinski definition) is 6. The molecule has 0 unspecified atom stereocenters. The molecule has 0 bridgehead atoms. The normalized spacial score (nSPS) is 12.2. The molecule has 0 saturated carbocycles. The van der Waals surface area contributed by atoms with Gasteiger partial charge in [0.25, 0.3) is 0 Å². The van der Waals surface area contributed by atoms with Crippen molar-refractivity contribution in [2.75, 3.05) is 20.3 Å². The highest BCUT2D eigenvalue weighted by Gasteiger charge is 2.19. The molecule has 7 nitrogen and oxygen atoms in total. The Balaban J connectivity index is 3.82. The van der Waals surface area contributed by atoms with Crippen LogP contribution >= 0.6 is 0 Å². The lowest BCUT2D eigenvalue weighted by atomic mass is 10.1. The summed E-state index contributed by atoms with van der Waals surface area (Å²) in [6, 6.07) is 0. The van der Waals surface area contributed by atoms with E-state index in [-0.39, 0.29) is 19.6 Å². The van der Waals surface area contributed by atoms with Gasteiger partial charge in [-0.3, -0.25) is 9.59 Å². The van der Waals surface area contributed by atoms with Crippen LogP contribution in [-0.4, -0.2) is 43.9 Å². The Bertz CT molecular complexity index is 347. The molecule has 0 heterocycles. The fraction of sp³-hybridized carbons (Fsp3) is 0.769. The van der Waals surface area contributed by atoms with Gasteiger partial charge in [-0.1, -0.05) is 6.92 Å². The zero-order valence-electron chi connectivity index (χ0n) is 12.6. The first-order valence-electron chi connectivity index (χ1n) is 6.36. The number of methoxy groups -OCH3 is 1. The van der Waals surface area contributed by atoms with Gasteiger partial charge in [-0.2, -0.15) is 0 Å². The van der Waals surface area contributed by atoms with E-state index in [1.54, 1.807) is 27.7 Å². The van der Waals surface area contributed by atoms with E-state index in [9.17, 15) is 14.4 Å². The van der Waals surface area contributed by atoms with Crippen molar-refractivity contribution in [2.45, 2.75) is 39.7 Å². The minimum absolute atomic E-state index is 0.0174. The van der Waals surface area contributed by atoms with Crippen molar-refractivity contribution in [1.29, 1.82) is 0 Å². The number of ether oxygens (including phenoxy) is 3. The SMILES string of the molecule is COC(=O)C[C@H](C)C(=O)OCCNC(=O)OC(C)(C)C. The lowest BCUT2D eigenvalue weighted by Gasteiger charge is -2.19. The van der Waals surface area contributed by atoms with E-state index >= 15 is 0 Å². The fourth-order valence-corrected chi connectivity index (χ4v) is 1.18. The van der Waals surface area contributed by atoms with Crippen LogP contribution in [0.1, 0.15) is 34.1 Å². The molecule has 0 spiro atoms. The highest BCUT2D eigenvalue weighted by atomic mass is 16.6. The van der Waals surface area contributed by atoms with E-state index in [1.165, 1.54) is 7.11 Å². The minimum atomic E-state index is -0.580. The summed E-state index contributed by atoms with van der Waals surface area (Å²) < 4.78 is 14.4. The maximum atomic E-state index is 11.5. The van der Waals surface area contributed by atoms with Gasteiger partial charge in [0.05, 0.1) is 26.0 Å². The van der Waals surface area contributed by atoms with E-state index in [0.717, 1.165) is 0 Å². The number of nitrogens with one attached hydrogen (secondary N) is 1. The van der Waals surface area contributed by atoms with Crippen molar-refractivity contribution in [2.24, 2.45) is 5.92 Å². The summed E-state index contributed by atoms with van der Waals surface area (Å²) in [6.07, 6.45) is -0.606. The van der Waals surface area contributed by atoms with Gasteiger partial charge in [0.1, 0.15) is 12.2 Å². The summed E-state index contributed by atoms with van der Waals surface area (Å²) in [4.78, 5) is 33.8. The summed E-state index contributed by atoms with van der Waals surface area (Å²) in [5.41, 5.74) is -0.574. The third-order valence-corrected chi connectivity index (χ3v) is 2.12. The first-order valence-corrected chi connectivity index (χ1v) is 6.36. The van der Waals surface area contributed by atoms with Crippen LogP contribution in [-0.2, 0) is 23.8 Å². The molecular formula is C13H23NO6. The van der Waals surface area contributed by atoms with Crippen molar-refractivity contribution in [1.82, 2.24) is 5.32 Å². The Morgan fingerprint density at radius 2 is 1.80 bits per heavy atom. The Labute approximate surface area is 118 Å². The topological polar surface area (TPSA) is 90.9 Å². The van der Waals surface area contributed by atoms with Crippen LogP contribution < -0.4 is 5.32 Å². The highest BCUT2D eigenvalue weighted by molar-refractivity contribution is 5.79. The molecule has 7 heteroatoms. The third kappa shape index (κ3) is 9.18. The molecule has 0 fully saturated rings. The summed E-state index contributed by atoms with van der Waals surface area (Å²) >= 11 is 0. The largest absolute Gasteiger partial charge is 0.469 e. The quantitative estimate of drug-likeness (QED) is 0.449. The highest BCUT2D eigenvalue weighted by Crippen LogP contribution is 2.07. The standard InChI is InChI=1S/C13H23NO6/c1-9(8-10(15)18-5)11(16)19-7-6-14-12(17)20-13(2,3)4/h9H,6-8H2,1-5H3,(H,14,17)/t9-/m0/s1. The average Bonchev–Trinajstić information content (AvgIpc) is 2.31. The van der Waals surface area contributed by atoms with Crippen LogP contribution in [0.2, 0.25) is 0 Å². The van der Waals surface area contributed by atoms with Gasteiger partial charge in [0.15, 0.2) is 0 Å². The van der Waals surface area contributed by atoms with Crippen LogP contribution in [0.4, 0.5) is 4.79 Å². The van der Waals surface area contributed by atoms with Crippen LogP contribution in [0.15, 0.2) is 0 Å². The Morgan fingerprint density at radius 3 is 2.30 bits per heavy atom. The molecule has 0 aromatic rings. The van der Waals surface area contributed by atoms with Gasteiger partial charge in [-0.05, 0) is 20.8 Å². The fourth-order valence-electron chi connectivity index (χ4n) is 1.18.